The van der Waals surface area contributed by atoms with Gasteiger partial charge in [0.05, 0.1) is 6.61 Å². The van der Waals surface area contributed by atoms with E-state index in [1.807, 2.05) is 11.3 Å². The molecule has 7 heteroatoms. The number of phosphoric ester groups is 1. The van der Waals surface area contributed by atoms with Crippen LogP contribution in [0, 0.1) is 0 Å². The van der Waals surface area contributed by atoms with Crippen LogP contribution in [-0.4, -0.2) is 21.9 Å². The Morgan fingerprint density at radius 2 is 1.57 bits per heavy atom. The molecule has 28 heavy (non-hydrogen) atoms. The van der Waals surface area contributed by atoms with Crippen LogP contribution in [0.1, 0.15) is 54.3 Å². The number of benzene rings is 1. The standard InChI is InChI=1S/C21H32NO4PS/c1-21(22,17-26-27(23,24)25)16-15-20-14-13-19(28-20)12-8-3-2-5-9-18-10-6-4-7-11-18/h4,6-7,10-11,13-14H,2-3,5,8-9,12,15-17,22H2,1H3,(H2,23,24,25). The first-order valence-corrected chi connectivity index (χ1v) is 12.2. The first-order valence-electron chi connectivity index (χ1n) is 9.84. The summed E-state index contributed by atoms with van der Waals surface area (Å²) in [4.78, 5) is 20.2. The van der Waals surface area contributed by atoms with Crippen LogP contribution in [0.15, 0.2) is 42.5 Å². The Balaban J connectivity index is 1.60. The number of rotatable bonds is 13. The van der Waals surface area contributed by atoms with Crippen molar-refractivity contribution in [2.45, 2.75) is 63.8 Å². The zero-order valence-corrected chi connectivity index (χ0v) is 18.3. The first kappa shape index (κ1) is 23.3. The molecule has 156 valence electrons. The van der Waals surface area contributed by atoms with Crippen LogP contribution in [-0.2, 0) is 28.4 Å². The molecule has 0 aliphatic rings. The molecule has 0 aliphatic carbocycles. The smallest absolute Gasteiger partial charge is 0.323 e. The van der Waals surface area contributed by atoms with E-state index in [0.717, 1.165) is 19.3 Å². The van der Waals surface area contributed by atoms with Crippen molar-refractivity contribution in [3.63, 3.8) is 0 Å². The molecule has 0 radical (unpaired) electrons. The van der Waals surface area contributed by atoms with E-state index < -0.39 is 13.4 Å². The van der Waals surface area contributed by atoms with E-state index in [0.29, 0.717) is 6.42 Å². The van der Waals surface area contributed by atoms with Crippen LogP contribution >= 0.6 is 19.2 Å². The lowest BCUT2D eigenvalue weighted by molar-refractivity contribution is 0.154. The molecule has 1 heterocycles. The van der Waals surface area contributed by atoms with Gasteiger partial charge in [-0.05, 0) is 63.1 Å². The molecule has 2 rings (SSSR count). The molecule has 0 spiro atoms. The molecule has 0 saturated carbocycles. The summed E-state index contributed by atoms with van der Waals surface area (Å²) < 4.78 is 15.4. The van der Waals surface area contributed by atoms with E-state index in [1.165, 1.54) is 41.0 Å². The zero-order valence-electron chi connectivity index (χ0n) is 16.5. The Bertz CT molecular complexity index is 742. The maximum Gasteiger partial charge on any atom is 0.469 e. The van der Waals surface area contributed by atoms with E-state index in [1.54, 1.807) is 6.92 Å². The van der Waals surface area contributed by atoms with Gasteiger partial charge in [0.25, 0.3) is 0 Å². The summed E-state index contributed by atoms with van der Waals surface area (Å²) in [6.45, 7) is 1.60. The number of unbranched alkanes of at least 4 members (excludes halogenated alkanes) is 3. The van der Waals surface area contributed by atoms with Gasteiger partial charge in [0.1, 0.15) is 0 Å². The molecule has 0 aliphatic heterocycles. The monoisotopic (exact) mass is 425 g/mol. The Morgan fingerprint density at radius 3 is 2.21 bits per heavy atom. The predicted molar refractivity (Wildman–Crippen MR) is 116 cm³/mol. The minimum Gasteiger partial charge on any atom is -0.323 e. The van der Waals surface area contributed by atoms with Gasteiger partial charge in [0.15, 0.2) is 0 Å². The Labute approximate surface area is 172 Å². The van der Waals surface area contributed by atoms with Crippen LogP contribution in [0.25, 0.3) is 0 Å². The lowest BCUT2D eigenvalue weighted by Gasteiger charge is -2.24. The van der Waals surface area contributed by atoms with Crippen molar-refractivity contribution >= 4 is 19.2 Å². The summed E-state index contributed by atoms with van der Waals surface area (Å²) in [6.07, 6.45) is 8.64. The van der Waals surface area contributed by atoms with Gasteiger partial charge in [0.2, 0.25) is 0 Å². The number of phosphoric acid groups is 1. The van der Waals surface area contributed by atoms with Gasteiger partial charge in [-0.15, -0.1) is 11.3 Å². The molecule has 2 aromatic rings. The maximum atomic E-state index is 10.8. The second-order valence-corrected chi connectivity index (χ2v) is 10.2. The van der Waals surface area contributed by atoms with Gasteiger partial charge < -0.3 is 15.5 Å². The minimum absolute atomic E-state index is 0.154. The van der Waals surface area contributed by atoms with Crippen molar-refractivity contribution in [1.29, 1.82) is 0 Å². The number of hydrogen-bond donors (Lipinski definition) is 3. The summed E-state index contributed by atoms with van der Waals surface area (Å²) >= 11 is 1.81. The van der Waals surface area contributed by atoms with Gasteiger partial charge >= 0.3 is 7.82 Å². The summed E-state index contributed by atoms with van der Waals surface area (Å²) in [5, 5.41) is 0. The topological polar surface area (TPSA) is 92.8 Å². The molecule has 0 bridgehead atoms. The van der Waals surface area contributed by atoms with Crippen LogP contribution in [0.5, 0.6) is 0 Å². The molecule has 4 N–H and O–H groups in total. The lowest BCUT2D eigenvalue weighted by atomic mass is 9.98. The highest BCUT2D eigenvalue weighted by Gasteiger charge is 2.24. The van der Waals surface area contributed by atoms with E-state index in [-0.39, 0.29) is 6.61 Å². The number of aryl methyl sites for hydroxylation is 3. The van der Waals surface area contributed by atoms with E-state index >= 15 is 0 Å². The molecule has 1 atom stereocenters. The van der Waals surface area contributed by atoms with Crippen molar-refractivity contribution in [2.75, 3.05) is 6.61 Å². The molecule has 1 unspecified atom stereocenters. The van der Waals surface area contributed by atoms with E-state index in [2.05, 4.69) is 47.0 Å². The quantitative estimate of drug-likeness (QED) is 0.315. The van der Waals surface area contributed by atoms with Crippen molar-refractivity contribution in [1.82, 2.24) is 0 Å². The van der Waals surface area contributed by atoms with Crippen LogP contribution in [0.3, 0.4) is 0 Å². The highest BCUT2D eigenvalue weighted by atomic mass is 32.1. The summed E-state index contributed by atoms with van der Waals surface area (Å²) in [5.74, 6) is 0. The second kappa shape index (κ2) is 11.2. The van der Waals surface area contributed by atoms with Gasteiger partial charge in [0, 0.05) is 15.3 Å². The SMILES string of the molecule is CC(N)(CCc1ccc(CCCCCCc2ccccc2)s1)COP(=O)(O)O. The fourth-order valence-electron chi connectivity index (χ4n) is 3.03. The van der Waals surface area contributed by atoms with E-state index in [9.17, 15) is 4.57 Å². The summed E-state index contributed by atoms with van der Waals surface area (Å²) in [7, 11) is -4.47. The average molecular weight is 426 g/mol. The molecule has 5 nitrogen and oxygen atoms in total. The third kappa shape index (κ3) is 9.97. The molecule has 0 amide bonds. The molecular weight excluding hydrogens is 393 g/mol. The highest BCUT2D eigenvalue weighted by molar-refractivity contribution is 7.46. The zero-order chi connectivity index (χ0) is 20.5. The Kier molecular flexibility index (Phi) is 9.35. The summed E-state index contributed by atoms with van der Waals surface area (Å²) in [5.41, 5.74) is 6.74. The molecular formula is C21H32NO4PS. The maximum absolute atomic E-state index is 10.8. The van der Waals surface area contributed by atoms with Crippen molar-refractivity contribution in [3.05, 3.63) is 57.8 Å². The number of nitrogens with two attached hydrogens (primary N) is 1. The van der Waals surface area contributed by atoms with Crippen molar-refractivity contribution in [3.8, 4) is 0 Å². The molecule has 1 aromatic heterocycles. The minimum atomic E-state index is -4.47. The average Bonchev–Trinajstić information content (AvgIpc) is 3.10. The van der Waals surface area contributed by atoms with Gasteiger partial charge in [-0.25, -0.2) is 4.57 Å². The van der Waals surface area contributed by atoms with Gasteiger partial charge in [-0.2, -0.15) is 0 Å². The lowest BCUT2D eigenvalue weighted by Crippen LogP contribution is -2.41. The Hall–Kier alpha value is -1.01. The fraction of sp³-hybridized carbons (Fsp3) is 0.524. The van der Waals surface area contributed by atoms with E-state index in [4.69, 9.17) is 15.5 Å². The van der Waals surface area contributed by atoms with Crippen LogP contribution in [0.4, 0.5) is 0 Å². The number of thiophene rings is 1. The molecule has 1 aromatic carbocycles. The largest absolute Gasteiger partial charge is 0.469 e. The Morgan fingerprint density at radius 1 is 0.964 bits per heavy atom. The number of hydrogen-bond acceptors (Lipinski definition) is 4. The third-order valence-corrected chi connectivity index (χ3v) is 6.37. The molecule has 0 saturated heterocycles. The van der Waals surface area contributed by atoms with Crippen LogP contribution in [0.2, 0.25) is 0 Å². The van der Waals surface area contributed by atoms with Gasteiger partial charge in [-0.1, -0.05) is 43.2 Å². The second-order valence-electron chi connectivity index (χ2n) is 7.69. The fourth-order valence-corrected chi connectivity index (χ4v) is 4.55. The first-order chi connectivity index (χ1) is 13.2. The molecule has 0 fully saturated rings. The van der Waals surface area contributed by atoms with Gasteiger partial charge in [-0.3, -0.25) is 4.52 Å². The van der Waals surface area contributed by atoms with Crippen LogP contribution < -0.4 is 5.73 Å². The van der Waals surface area contributed by atoms with Crippen molar-refractivity contribution in [2.24, 2.45) is 5.73 Å². The normalized spacial score (nSPS) is 14.1. The predicted octanol–water partition coefficient (Wildman–Crippen LogP) is 4.85. The third-order valence-electron chi connectivity index (χ3n) is 4.70. The van der Waals surface area contributed by atoms with Crippen molar-refractivity contribution < 1.29 is 18.9 Å². The summed E-state index contributed by atoms with van der Waals surface area (Å²) in [6, 6.07) is 15.0. The highest BCUT2D eigenvalue weighted by Crippen LogP contribution is 2.37.